The number of nitrogens with one attached hydrogen (secondary N) is 1. The van der Waals surface area contributed by atoms with Gasteiger partial charge in [-0.1, -0.05) is 12.1 Å². The van der Waals surface area contributed by atoms with Crippen LogP contribution in [0.2, 0.25) is 0 Å². The minimum atomic E-state index is 0. The molecule has 1 aromatic heterocycles. The molecule has 0 bridgehead atoms. The van der Waals surface area contributed by atoms with Gasteiger partial charge in [0.1, 0.15) is 0 Å². The lowest BCUT2D eigenvalue weighted by molar-refractivity contribution is 0.0773. The molecular formula is C21H32IN5O. The molecule has 2 aromatic rings. The van der Waals surface area contributed by atoms with Crippen molar-refractivity contribution >= 4 is 35.8 Å². The molecule has 0 aliphatic carbocycles. The largest absolute Gasteiger partial charge is 0.353 e. The highest BCUT2D eigenvalue weighted by molar-refractivity contribution is 14.0. The van der Waals surface area contributed by atoms with Crippen LogP contribution in [-0.2, 0) is 20.1 Å². The Kier molecular flexibility index (Phi) is 10.1. The Morgan fingerprint density at radius 2 is 1.79 bits per heavy atom. The number of hydrogen-bond donors (Lipinski definition) is 1. The van der Waals surface area contributed by atoms with E-state index < -0.39 is 0 Å². The molecule has 1 N–H and O–H groups in total. The lowest BCUT2D eigenvalue weighted by Crippen LogP contribution is -2.38. The first kappa shape index (κ1) is 24.0. The van der Waals surface area contributed by atoms with E-state index in [2.05, 4.69) is 25.8 Å². The van der Waals surface area contributed by atoms with Gasteiger partial charge >= 0.3 is 0 Å². The fourth-order valence-corrected chi connectivity index (χ4v) is 3.00. The molecule has 1 heterocycles. The van der Waals surface area contributed by atoms with E-state index in [1.165, 1.54) is 5.69 Å². The third-order valence-corrected chi connectivity index (χ3v) is 4.73. The van der Waals surface area contributed by atoms with Crippen molar-refractivity contribution in [1.29, 1.82) is 0 Å². The van der Waals surface area contributed by atoms with Gasteiger partial charge in [0.15, 0.2) is 5.96 Å². The zero-order valence-corrected chi connectivity index (χ0v) is 19.8. The Hall–Kier alpha value is -2.03. The van der Waals surface area contributed by atoms with E-state index in [0.29, 0.717) is 6.54 Å². The topological polar surface area (TPSA) is 52.9 Å². The molecule has 1 aromatic carbocycles. The Labute approximate surface area is 185 Å². The minimum Gasteiger partial charge on any atom is -0.353 e. The number of halogens is 1. The molecule has 1 amide bonds. The SMILES string of the molecule is CCN(CC)C(=O)c1ccc(CNC(=NC)N(C)Cc2cccn2C)cc1.I. The Morgan fingerprint density at radius 1 is 1.14 bits per heavy atom. The van der Waals surface area contributed by atoms with Gasteiger partial charge in [-0.05, 0) is 43.7 Å². The van der Waals surface area contributed by atoms with Crippen LogP contribution in [0.15, 0.2) is 47.6 Å². The molecule has 0 spiro atoms. The highest BCUT2D eigenvalue weighted by Crippen LogP contribution is 2.09. The summed E-state index contributed by atoms with van der Waals surface area (Å²) in [6.07, 6.45) is 2.04. The molecule has 0 aliphatic heterocycles. The number of carbonyl (C=O) groups is 1. The maximum absolute atomic E-state index is 12.4. The number of aryl methyl sites for hydroxylation is 1. The van der Waals surface area contributed by atoms with Crippen molar-refractivity contribution in [1.82, 2.24) is 19.7 Å². The van der Waals surface area contributed by atoms with Crippen molar-refractivity contribution in [3.8, 4) is 0 Å². The average Bonchev–Trinajstić information content (AvgIpc) is 3.08. The summed E-state index contributed by atoms with van der Waals surface area (Å²) < 4.78 is 2.11. The maximum atomic E-state index is 12.4. The number of guanidine groups is 1. The van der Waals surface area contributed by atoms with Gasteiger partial charge in [0.05, 0.1) is 6.54 Å². The number of hydrogen-bond acceptors (Lipinski definition) is 2. The van der Waals surface area contributed by atoms with Gasteiger partial charge in [-0.2, -0.15) is 0 Å². The van der Waals surface area contributed by atoms with E-state index in [0.717, 1.165) is 36.7 Å². The van der Waals surface area contributed by atoms with Gasteiger partial charge < -0.3 is 19.7 Å². The smallest absolute Gasteiger partial charge is 0.253 e. The van der Waals surface area contributed by atoms with E-state index in [1.54, 1.807) is 7.05 Å². The lowest BCUT2D eigenvalue weighted by Gasteiger charge is -2.22. The second-order valence-corrected chi connectivity index (χ2v) is 6.54. The van der Waals surface area contributed by atoms with E-state index in [-0.39, 0.29) is 29.9 Å². The Balaban J connectivity index is 0.00000392. The molecule has 0 radical (unpaired) electrons. The molecule has 7 heteroatoms. The number of benzene rings is 1. The van der Waals surface area contributed by atoms with Gasteiger partial charge in [-0.25, -0.2) is 0 Å². The van der Waals surface area contributed by atoms with Crippen molar-refractivity contribution in [3.63, 3.8) is 0 Å². The number of rotatable bonds is 7. The minimum absolute atomic E-state index is 0. The first-order chi connectivity index (χ1) is 13.0. The van der Waals surface area contributed by atoms with Crippen molar-refractivity contribution in [2.24, 2.45) is 12.0 Å². The second kappa shape index (κ2) is 11.7. The van der Waals surface area contributed by atoms with Crippen LogP contribution in [0.3, 0.4) is 0 Å². The number of aromatic nitrogens is 1. The molecule has 0 atom stereocenters. The van der Waals surface area contributed by atoms with E-state index in [9.17, 15) is 4.79 Å². The van der Waals surface area contributed by atoms with E-state index >= 15 is 0 Å². The van der Waals surface area contributed by atoms with Crippen molar-refractivity contribution < 1.29 is 4.79 Å². The molecule has 28 heavy (non-hydrogen) atoms. The van der Waals surface area contributed by atoms with Crippen LogP contribution in [0.1, 0.15) is 35.5 Å². The van der Waals surface area contributed by atoms with E-state index in [1.807, 2.05) is 69.4 Å². The molecule has 154 valence electrons. The lowest BCUT2D eigenvalue weighted by atomic mass is 10.1. The van der Waals surface area contributed by atoms with Gasteiger partial charge in [0.25, 0.3) is 5.91 Å². The third kappa shape index (κ3) is 6.25. The monoisotopic (exact) mass is 497 g/mol. The third-order valence-electron chi connectivity index (χ3n) is 4.73. The van der Waals surface area contributed by atoms with Gasteiger partial charge in [-0.15, -0.1) is 24.0 Å². The van der Waals surface area contributed by atoms with Crippen LogP contribution in [-0.4, -0.2) is 53.4 Å². The molecular weight excluding hydrogens is 465 g/mol. The number of carbonyl (C=O) groups excluding carboxylic acids is 1. The predicted molar refractivity (Wildman–Crippen MR) is 126 cm³/mol. The molecule has 0 unspecified atom stereocenters. The zero-order valence-electron chi connectivity index (χ0n) is 17.5. The molecule has 0 saturated heterocycles. The molecule has 0 aliphatic rings. The first-order valence-corrected chi connectivity index (χ1v) is 9.40. The van der Waals surface area contributed by atoms with Crippen LogP contribution in [0.4, 0.5) is 0 Å². The fourth-order valence-electron chi connectivity index (χ4n) is 3.00. The van der Waals surface area contributed by atoms with Crippen LogP contribution in [0.5, 0.6) is 0 Å². The van der Waals surface area contributed by atoms with Crippen LogP contribution >= 0.6 is 24.0 Å². The van der Waals surface area contributed by atoms with Crippen molar-refractivity contribution in [3.05, 3.63) is 59.4 Å². The fraction of sp³-hybridized carbons (Fsp3) is 0.429. The van der Waals surface area contributed by atoms with E-state index in [4.69, 9.17) is 0 Å². The molecule has 0 fully saturated rings. The quantitative estimate of drug-likeness (QED) is 0.363. The zero-order chi connectivity index (χ0) is 19.8. The average molecular weight is 497 g/mol. The summed E-state index contributed by atoms with van der Waals surface area (Å²) in [7, 11) is 5.85. The standard InChI is InChI=1S/C21H31N5O.HI/c1-6-26(7-2)20(27)18-12-10-17(11-13-18)15-23-21(22-3)25(5)16-19-9-8-14-24(19)4;/h8-14H,6-7,15-16H2,1-5H3,(H,22,23);1H. The highest BCUT2D eigenvalue weighted by atomic mass is 127. The summed E-state index contributed by atoms with van der Waals surface area (Å²) >= 11 is 0. The second-order valence-electron chi connectivity index (χ2n) is 6.54. The Bertz CT molecular complexity index is 765. The van der Waals surface area contributed by atoms with Gasteiger partial charge in [-0.3, -0.25) is 9.79 Å². The van der Waals surface area contributed by atoms with Crippen LogP contribution < -0.4 is 5.32 Å². The van der Waals surface area contributed by atoms with Gasteiger partial charge in [0, 0.05) is 58.2 Å². The summed E-state index contributed by atoms with van der Waals surface area (Å²) in [6, 6.07) is 11.9. The van der Waals surface area contributed by atoms with Crippen molar-refractivity contribution in [2.75, 3.05) is 27.2 Å². The van der Waals surface area contributed by atoms with Crippen LogP contribution in [0.25, 0.3) is 0 Å². The number of amides is 1. The summed E-state index contributed by atoms with van der Waals surface area (Å²) in [5, 5.41) is 3.38. The summed E-state index contributed by atoms with van der Waals surface area (Å²) in [6.45, 7) is 6.88. The summed E-state index contributed by atoms with van der Waals surface area (Å²) in [5.41, 5.74) is 3.06. The number of aliphatic imine (C=N–C) groups is 1. The highest BCUT2D eigenvalue weighted by Gasteiger charge is 2.12. The first-order valence-electron chi connectivity index (χ1n) is 9.40. The molecule has 0 saturated carbocycles. The summed E-state index contributed by atoms with van der Waals surface area (Å²) in [5.74, 6) is 0.914. The predicted octanol–water partition coefficient (Wildman–Crippen LogP) is 3.33. The summed E-state index contributed by atoms with van der Waals surface area (Å²) in [4.78, 5) is 20.7. The van der Waals surface area contributed by atoms with Crippen LogP contribution in [0, 0.1) is 0 Å². The van der Waals surface area contributed by atoms with Crippen molar-refractivity contribution in [2.45, 2.75) is 26.9 Å². The maximum Gasteiger partial charge on any atom is 0.253 e. The normalized spacial score (nSPS) is 11.0. The van der Waals surface area contributed by atoms with Gasteiger partial charge in [0.2, 0.25) is 0 Å². The molecule has 6 nitrogen and oxygen atoms in total. The Morgan fingerprint density at radius 3 is 2.29 bits per heavy atom. The molecule has 2 rings (SSSR count). The number of nitrogens with zero attached hydrogens (tertiary/aromatic N) is 4.